The molecule has 0 spiro atoms. The third-order valence-electron chi connectivity index (χ3n) is 5.48. The first kappa shape index (κ1) is 22.6. The minimum Gasteiger partial charge on any atom is -0.294 e. The molecule has 158 valence electrons. The average molecular weight is 424 g/mol. The zero-order valence-corrected chi connectivity index (χ0v) is 17.3. The summed E-state index contributed by atoms with van der Waals surface area (Å²) in [7, 11) is 0. The zero-order chi connectivity index (χ0) is 22.9. The van der Waals surface area contributed by atoms with Crippen LogP contribution >= 0.6 is 0 Å². The van der Waals surface area contributed by atoms with Crippen LogP contribution in [0.25, 0.3) is 0 Å². The van der Waals surface area contributed by atoms with Crippen LogP contribution in [0.1, 0.15) is 45.0 Å². The topological polar surface area (TPSA) is 81.7 Å². The molecule has 0 heterocycles. The fourth-order valence-electron chi connectivity index (χ4n) is 3.80. The summed E-state index contributed by atoms with van der Waals surface area (Å²) in [6.45, 7) is 0. The quantitative estimate of drug-likeness (QED) is 0.411. The molecule has 3 aromatic carbocycles. The molecule has 0 aromatic heterocycles. The minimum absolute atomic E-state index is 0.0109. The number of Topliss-reactive ketones (excluding diaryl/α,β-unsaturated/α-hetero) is 2. The molecule has 0 fully saturated rings. The number of carbonyl (C=O) groups excluding carboxylic acids is 2. The summed E-state index contributed by atoms with van der Waals surface area (Å²) in [6.07, 6.45) is -0.000546. The third-order valence-corrected chi connectivity index (χ3v) is 5.48. The van der Waals surface area contributed by atoms with E-state index in [1.807, 2.05) is 42.5 Å². The molecule has 0 amide bonds. The van der Waals surface area contributed by atoms with Crippen molar-refractivity contribution >= 4 is 11.6 Å². The van der Waals surface area contributed by atoms with Gasteiger partial charge in [-0.1, -0.05) is 60.7 Å². The molecule has 4 nitrogen and oxygen atoms in total. The maximum atomic E-state index is 13.5. The van der Waals surface area contributed by atoms with Crippen LogP contribution in [0, 0.1) is 40.3 Å². The van der Waals surface area contributed by atoms with E-state index in [2.05, 4.69) is 0 Å². The fraction of sp³-hybridized carbons (Fsp3) is 0.185. The van der Waals surface area contributed by atoms with Gasteiger partial charge in [0.25, 0.3) is 0 Å². The lowest BCUT2D eigenvalue weighted by Gasteiger charge is -2.27. The molecule has 0 saturated heterocycles. The predicted molar refractivity (Wildman–Crippen MR) is 118 cm³/mol. The van der Waals surface area contributed by atoms with Crippen molar-refractivity contribution in [2.45, 2.75) is 18.8 Å². The number of halogens is 1. The van der Waals surface area contributed by atoms with Gasteiger partial charge in [-0.15, -0.1) is 0 Å². The Labute approximate surface area is 186 Å². The predicted octanol–water partition coefficient (Wildman–Crippen LogP) is 5.73. The molecule has 0 aliphatic rings. The Morgan fingerprint density at radius 3 is 1.91 bits per heavy atom. The molecule has 2 atom stereocenters. The van der Waals surface area contributed by atoms with Gasteiger partial charge < -0.3 is 0 Å². The summed E-state index contributed by atoms with van der Waals surface area (Å²) < 4.78 is 13.3. The number of benzene rings is 3. The van der Waals surface area contributed by atoms with Gasteiger partial charge in [-0.05, 0) is 36.2 Å². The molecule has 3 rings (SSSR count). The van der Waals surface area contributed by atoms with Crippen LogP contribution in [0.2, 0.25) is 0 Å². The highest BCUT2D eigenvalue weighted by Gasteiger charge is 2.34. The van der Waals surface area contributed by atoms with Crippen LogP contribution < -0.4 is 0 Å². The molecule has 0 bridgehead atoms. The number of hydrogen-bond acceptors (Lipinski definition) is 4. The smallest absolute Gasteiger partial charge is 0.166 e. The summed E-state index contributed by atoms with van der Waals surface area (Å²) in [6, 6.07) is 27.0. The molecule has 0 aliphatic carbocycles. The second kappa shape index (κ2) is 10.8. The number of rotatable bonds is 9. The van der Waals surface area contributed by atoms with Crippen LogP contribution in [-0.2, 0) is 0 Å². The number of nitrogens with zero attached hydrogens (tertiary/aromatic N) is 2. The molecule has 0 aliphatic heterocycles. The zero-order valence-electron chi connectivity index (χ0n) is 17.3. The Morgan fingerprint density at radius 2 is 1.34 bits per heavy atom. The van der Waals surface area contributed by atoms with E-state index in [4.69, 9.17) is 0 Å². The number of carbonyl (C=O) groups is 2. The Bertz CT molecular complexity index is 1130. The highest BCUT2D eigenvalue weighted by atomic mass is 19.1. The van der Waals surface area contributed by atoms with Crippen LogP contribution in [0.3, 0.4) is 0 Å². The summed E-state index contributed by atoms with van der Waals surface area (Å²) in [5, 5.41) is 18.8. The summed E-state index contributed by atoms with van der Waals surface area (Å²) in [5.74, 6) is -3.19. The first-order chi connectivity index (χ1) is 15.5. The van der Waals surface area contributed by atoms with Crippen LogP contribution in [0.5, 0.6) is 0 Å². The lowest BCUT2D eigenvalue weighted by atomic mass is 9.74. The largest absolute Gasteiger partial charge is 0.294 e. The summed E-state index contributed by atoms with van der Waals surface area (Å²) in [5.41, 5.74) is 1.57. The molecule has 0 radical (unpaired) electrons. The highest BCUT2D eigenvalue weighted by molar-refractivity contribution is 6.00. The second-order valence-corrected chi connectivity index (χ2v) is 7.53. The van der Waals surface area contributed by atoms with E-state index in [1.54, 1.807) is 30.3 Å². The van der Waals surface area contributed by atoms with E-state index >= 15 is 0 Å². The molecular weight excluding hydrogens is 403 g/mol. The highest BCUT2D eigenvalue weighted by Crippen LogP contribution is 2.36. The molecule has 5 heteroatoms. The van der Waals surface area contributed by atoms with E-state index in [0.717, 1.165) is 5.56 Å². The fourth-order valence-corrected chi connectivity index (χ4v) is 3.80. The molecule has 0 N–H and O–H groups in total. The van der Waals surface area contributed by atoms with Crippen LogP contribution in [0.4, 0.5) is 4.39 Å². The van der Waals surface area contributed by atoms with Crippen molar-refractivity contribution in [3.8, 4) is 12.1 Å². The van der Waals surface area contributed by atoms with Gasteiger partial charge in [0.1, 0.15) is 11.7 Å². The molecule has 0 saturated carbocycles. The standard InChI is InChI=1S/C27H21FN2O2/c28-23-13-11-21(12-14-23)26(31)16-24(20-7-3-1-4-8-20)25(15-19(17-29)18-30)27(32)22-9-5-2-6-10-22/h1-14,19,24-25H,15-16H2. The van der Waals surface area contributed by atoms with Crippen LogP contribution in [-0.4, -0.2) is 11.6 Å². The van der Waals surface area contributed by atoms with Gasteiger partial charge in [0.15, 0.2) is 11.6 Å². The first-order valence-electron chi connectivity index (χ1n) is 10.3. The first-order valence-corrected chi connectivity index (χ1v) is 10.3. The van der Waals surface area contributed by atoms with E-state index < -0.39 is 23.6 Å². The SMILES string of the molecule is N#CC(C#N)CC(C(=O)c1ccccc1)C(CC(=O)c1ccc(F)cc1)c1ccccc1. The maximum absolute atomic E-state index is 13.5. The van der Waals surface area contributed by atoms with E-state index in [-0.39, 0.29) is 24.4 Å². The van der Waals surface area contributed by atoms with E-state index in [9.17, 15) is 24.5 Å². The van der Waals surface area contributed by atoms with Crippen molar-refractivity contribution in [1.82, 2.24) is 0 Å². The monoisotopic (exact) mass is 424 g/mol. The molecule has 3 aromatic rings. The summed E-state index contributed by atoms with van der Waals surface area (Å²) in [4.78, 5) is 26.6. The average Bonchev–Trinajstić information content (AvgIpc) is 2.85. The molecule has 2 unspecified atom stereocenters. The van der Waals surface area contributed by atoms with Crippen molar-refractivity contribution < 1.29 is 14.0 Å². The van der Waals surface area contributed by atoms with Gasteiger partial charge in [-0.3, -0.25) is 9.59 Å². The summed E-state index contributed by atoms with van der Waals surface area (Å²) >= 11 is 0. The van der Waals surface area contributed by atoms with E-state index in [0.29, 0.717) is 11.1 Å². The van der Waals surface area contributed by atoms with Crippen molar-refractivity contribution in [2.75, 3.05) is 0 Å². The van der Waals surface area contributed by atoms with Gasteiger partial charge in [-0.2, -0.15) is 10.5 Å². The Hall–Kier alpha value is -4.09. The number of ketones is 2. The van der Waals surface area contributed by atoms with Gasteiger partial charge >= 0.3 is 0 Å². The maximum Gasteiger partial charge on any atom is 0.166 e. The second-order valence-electron chi connectivity index (χ2n) is 7.53. The Balaban J connectivity index is 2.03. The minimum atomic E-state index is -0.986. The van der Waals surface area contributed by atoms with Crippen molar-refractivity contribution in [3.05, 3.63) is 107 Å². The van der Waals surface area contributed by atoms with Crippen molar-refractivity contribution in [3.63, 3.8) is 0 Å². The molecule has 32 heavy (non-hydrogen) atoms. The Morgan fingerprint density at radius 1 is 0.781 bits per heavy atom. The van der Waals surface area contributed by atoms with Crippen molar-refractivity contribution in [2.24, 2.45) is 11.8 Å². The lowest BCUT2D eigenvalue weighted by Crippen LogP contribution is -2.27. The lowest BCUT2D eigenvalue weighted by molar-refractivity contribution is 0.0864. The van der Waals surface area contributed by atoms with Crippen LogP contribution in [0.15, 0.2) is 84.9 Å². The van der Waals surface area contributed by atoms with Gasteiger partial charge in [0.05, 0.1) is 12.1 Å². The normalized spacial score (nSPS) is 12.4. The Kier molecular flexibility index (Phi) is 7.62. The third kappa shape index (κ3) is 5.53. The van der Waals surface area contributed by atoms with Gasteiger partial charge in [-0.25, -0.2) is 4.39 Å². The van der Waals surface area contributed by atoms with Gasteiger partial charge in [0, 0.05) is 29.4 Å². The number of nitriles is 2. The van der Waals surface area contributed by atoms with E-state index in [1.165, 1.54) is 24.3 Å². The van der Waals surface area contributed by atoms with Gasteiger partial charge in [0.2, 0.25) is 0 Å². The number of hydrogen-bond donors (Lipinski definition) is 0. The van der Waals surface area contributed by atoms with Crippen molar-refractivity contribution in [1.29, 1.82) is 10.5 Å². The molecular formula is C27H21FN2O2.